The Morgan fingerprint density at radius 1 is 1.00 bits per heavy atom. The number of rotatable bonds is 3. The molecular formula is C22H24N2O3. The summed E-state index contributed by atoms with van der Waals surface area (Å²) in [5, 5.41) is 2.91. The molecule has 1 aromatic heterocycles. The summed E-state index contributed by atoms with van der Waals surface area (Å²) < 4.78 is 0. The number of aromatic nitrogens is 1. The lowest BCUT2D eigenvalue weighted by Gasteiger charge is -2.20. The number of amides is 1. The van der Waals surface area contributed by atoms with Crippen molar-refractivity contribution in [1.82, 2.24) is 10.3 Å². The van der Waals surface area contributed by atoms with E-state index < -0.39 is 11.5 Å². The number of H-pyrrole nitrogens is 1. The van der Waals surface area contributed by atoms with Crippen LogP contribution in [-0.4, -0.2) is 16.7 Å². The van der Waals surface area contributed by atoms with Gasteiger partial charge in [0.15, 0.2) is 5.78 Å². The van der Waals surface area contributed by atoms with Crippen LogP contribution in [0.4, 0.5) is 0 Å². The van der Waals surface area contributed by atoms with Crippen LogP contribution in [0, 0.1) is 0 Å². The Labute approximate surface area is 158 Å². The highest BCUT2D eigenvalue weighted by molar-refractivity contribution is 6.01. The standard InChI is InChI=1S/C22H24N2O3/c1-13(15-10-9-14-5-2-3-6-16(14)11-15)23-21(26)18-12-17-19(24-22(18)27)7-4-8-20(17)25/h9-13H,2-8H2,1H3,(H,23,26)(H,24,27). The number of hydrogen-bond acceptors (Lipinski definition) is 3. The lowest BCUT2D eigenvalue weighted by Crippen LogP contribution is -2.33. The maximum absolute atomic E-state index is 12.7. The number of aromatic amines is 1. The maximum Gasteiger partial charge on any atom is 0.261 e. The van der Waals surface area contributed by atoms with Gasteiger partial charge in [-0.2, -0.15) is 0 Å². The zero-order valence-corrected chi connectivity index (χ0v) is 15.6. The number of nitrogens with one attached hydrogen (secondary N) is 2. The van der Waals surface area contributed by atoms with Crippen LogP contribution in [0.2, 0.25) is 0 Å². The highest BCUT2D eigenvalue weighted by Crippen LogP contribution is 2.25. The molecule has 0 saturated heterocycles. The smallest absolute Gasteiger partial charge is 0.261 e. The Bertz CT molecular complexity index is 974. The third-order valence-corrected chi connectivity index (χ3v) is 5.72. The number of pyridine rings is 1. The summed E-state index contributed by atoms with van der Waals surface area (Å²) in [4.78, 5) is 39.8. The number of carbonyl (C=O) groups excluding carboxylic acids is 2. The molecule has 0 bridgehead atoms. The maximum atomic E-state index is 12.7. The van der Waals surface area contributed by atoms with E-state index in [0.29, 0.717) is 24.1 Å². The van der Waals surface area contributed by atoms with Crippen molar-refractivity contribution in [2.24, 2.45) is 0 Å². The van der Waals surface area contributed by atoms with Crippen LogP contribution < -0.4 is 10.9 Å². The van der Waals surface area contributed by atoms with E-state index in [1.807, 2.05) is 6.92 Å². The summed E-state index contributed by atoms with van der Waals surface area (Å²) in [7, 11) is 0. The van der Waals surface area contributed by atoms with Gasteiger partial charge in [0.1, 0.15) is 5.56 Å². The molecule has 0 saturated carbocycles. The second-order valence-corrected chi connectivity index (χ2v) is 7.61. The second kappa shape index (κ2) is 7.14. The Kier molecular flexibility index (Phi) is 4.68. The summed E-state index contributed by atoms with van der Waals surface area (Å²) in [6.07, 6.45) is 6.51. The largest absolute Gasteiger partial charge is 0.345 e. The van der Waals surface area contributed by atoms with E-state index in [2.05, 4.69) is 28.5 Å². The van der Waals surface area contributed by atoms with Crippen molar-refractivity contribution < 1.29 is 9.59 Å². The fourth-order valence-corrected chi connectivity index (χ4v) is 4.12. The molecule has 1 amide bonds. The molecule has 2 aliphatic rings. The van der Waals surface area contributed by atoms with E-state index in [0.717, 1.165) is 24.8 Å². The first-order valence-electron chi connectivity index (χ1n) is 9.75. The molecule has 1 heterocycles. The minimum Gasteiger partial charge on any atom is -0.345 e. The van der Waals surface area contributed by atoms with Gasteiger partial charge in [-0.15, -0.1) is 0 Å². The van der Waals surface area contributed by atoms with Crippen LogP contribution in [0.15, 0.2) is 29.1 Å². The van der Waals surface area contributed by atoms with E-state index in [-0.39, 0.29) is 17.4 Å². The van der Waals surface area contributed by atoms with Crippen LogP contribution >= 0.6 is 0 Å². The molecule has 4 rings (SSSR count). The van der Waals surface area contributed by atoms with E-state index >= 15 is 0 Å². The van der Waals surface area contributed by atoms with Crippen molar-refractivity contribution in [2.45, 2.75) is 57.9 Å². The number of Topliss-reactive ketones (excluding diaryl/α,β-unsaturated/α-hetero) is 1. The summed E-state index contributed by atoms with van der Waals surface area (Å²) in [6, 6.07) is 7.62. The SMILES string of the molecule is CC(NC(=O)c1cc2c([nH]c1=O)CCCC2=O)c1ccc2c(c1)CCCC2. The molecule has 0 radical (unpaired) electrons. The van der Waals surface area contributed by atoms with Gasteiger partial charge in [0.05, 0.1) is 6.04 Å². The van der Waals surface area contributed by atoms with Crippen LogP contribution in [0.5, 0.6) is 0 Å². The van der Waals surface area contributed by atoms with Gasteiger partial charge in [-0.25, -0.2) is 0 Å². The molecule has 1 atom stereocenters. The summed E-state index contributed by atoms with van der Waals surface area (Å²) in [5.74, 6) is -0.452. The molecule has 27 heavy (non-hydrogen) atoms. The number of aryl methyl sites for hydroxylation is 3. The first-order valence-corrected chi connectivity index (χ1v) is 9.75. The molecule has 5 heteroatoms. The highest BCUT2D eigenvalue weighted by Gasteiger charge is 2.23. The molecule has 0 fully saturated rings. The Morgan fingerprint density at radius 2 is 1.78 bits per heavy atom. The molecular weight excluding hydrogens is 340 g/mol. The molecule has 0 spiro atoms. The topological polar surface area (TPSA) is 79.0 Å². The Morgan fingerprint density at radius 3 is 2.59 bits per heavy atom. The molecule has 1 aromatic carbocycles. The second-order valence-electron chi connectivity index (χ2n) is 7.61. The third kappa shape index (κ3) is 3.46. The normalized spacial score (nSPS) is 17.0. The van der Waals surface area contributed by atoms with Gasteiger partial charge >= 0.3 is 0 Å². The zero-order valence-electron chi connectivity index (χ0n) is 15.6. The number of hydrogen-bond donors (Lipinski definition) is 2. The van der Waals surface area contributed by atoms with Crippen molar-refractivity contribution in [3.05, 3.63) is 68.1 Å². The van der Waals surface area contributed by atoms with Crippen molar-refractivity contribution >= 4 is 11.7 Å². The van der Waals surface area contributed by atoms with Crippen LogP contribution in [0.3, 0.4) is 0 Å². The first-order chi connectivity index (χ1) is 13.0. The van der Waals surface area contributed by atoms with Gasteiger partial charge in [0.25, 0.3) is 11.5 Å². The van der Waals surface area contributed by atoms with Crippen LogP contribution in [0.25, 0.3) is 0 Å². The average Bonchev–Trinajstić information content (AvgIpc) is 2.67. The van der Waals surface area contributed by atoms with Gasteiger partial charge in [-0.3, -0.25) is 14.4 Å². The summed E-state index contributed by atoms with van der Waals surface area (Å²) in [5.41, 5.74) is 4.50. The van der Waals surface area contributed by atoms with Crippen LogP contribution in [0.1, 0.15) is 81.7 Å². The highest BCUT2D eigenvalue weighted by atomic mass is 16.2. The monoisotopic (exact) mass is 364 g/mol. The first kappa shape index (κ1) is 17.7. The molecule has 2 N–H and O–H groups in total. The lowest BCUT2D eigenvalue weighted by molar-refractivity contribution is 0.0938. The van der Waals surface area contributed by atoms with Gasteiger partial charge in [-0.1, -0.05) is 18.2 Å². The van der Waals surface area contributed by atoms with Crippen molar-refractivity contribution in [2.75, 3.05) is 0 Å². The van der Waals surface area contributed by atoms with Crippen LogP contribution in [-0.2, 0) is 19.3 Å². The number of benzene rings is 1. The number of fused-ring (bicyclic) bond motifs is 2. The number of ketones is 1. The Balaban J connectivity index is 1.56. The van der Waals surface area contributed by atoms with Gasteiger partial charge in [0, 0.05) is 17.7 Å². The summed E-state index contributed by atoms with van der Waals surface area (Å²) in [6.45, 7) is 1.92. The number of carbonyl (C=O) groups is 2. The molecule has 5 nitrogen and oxygen atoms in total. The minimum atomic E-state index is -0.442. The van der Waals surface area contributed by atoms with E-state index in [9.17, 15) is 14.4 Å². The zero-order chi connectivity index (χ0) is 19.0. The van der Waals surface area contributed by atoms with Gasteiger partial charge in [-0.05, 0) is 68.2 Å². The molecule has 1 unspecified atom stereocenters. The summed E-state index contributed by atoms with van der Waals surface area (Å²) >= 11 is 0. The predicted molar refractivity (Wildman–Crippen MR) is 103 cm³/mol. The van der Waals surface area contributed by atoms with Gasteiger partial charge in [0.2, 0.25) is 0 Å². The van der Waals surface area contributed by atoms with E-state index in [1.54, 1.807) is 0 Å². The minimum absolute atomic E-state index is 0.00816. The quantitative estimate of drug-likeness (QED) is 0.877. The fourth-order valence-electron chi connectivity index (χ4n) is 4.12. The van der Waals surface area contributed by atoms with E-state index in [1.165, 1.54) is 30.0 Å². The molecule has 2 aromatic rings. The predicted octanol–water partition coefficient (Wildman–Crippen LogP) is 3.26. The van der Waals surface area contributed by atoms with Gasteiger partial charge < -0.3 is 10.3 Å². The molecule has 2 aliphatic carbocycles. The third-order valence-electron chi connectivity index (χ3n) is 5.72. The molecule has 0 aliphatic heterocycles. The van der Waals surface area contributed by atoms with Crippen molar-refractivity contribution in [1.29, 1.82) is 0 Å². The Hall–Kier alpha value is -2.69. The van der Waals surface area contributed by atoms with Crippen molar-refractivity contribution in [3.63, 3.8) is 0 Å². The molecule has 140 valence electrons. The average molecular weight is 364 g/mol. The van der Waals surface area contributed by atoms with Crippen molar-refractivity contribution in [3.8, 4) is 0 Å². The lowest BCUT2D eigenvalue weighted by atomic mass is 9.89. The van der Waals surface area contributed by atoms with E-state index in [4.69, 9.17) is 0 Å². The fraction of sp³-hybridized carbons (Fsp3) is 0.409.